The lowest BCUT2D eigenvalue weighted by Gasteiger charge is -2.14. The van der Waals surface area contributed by atoms with Crippen LogP contribution in [0.2, 0.25) is 10.0 Å². The predicted molar refractivity (Wildman–Crippen MR) is 99.4 cm³/mol. The third-order valence-electron chi connectivity index (χ3n) is 3.92. The summed E-state index contributed by atoms with van der Waals surface area (Å²) in [5, 5.41) is 3.21. The first-order valence-electron chi connectivity index (χ1n) is 7.84. The van der Waals surface area contributed by atoms with E-state index in [0.717, 1.165) is 5.69 Å². The molecular formula is C18H16Cl2N2O4. The van der Waals surface area contributed by atoms with Crippen LogP contribution in [0.4, 0.5) is 10.5 Å². The zero-order chi connectivity index (χ0) is 18.7. The normalized spacial score (nSPS) is 16.3. The molecule has 2 aromatic carbocycles. The van der Waals surface area contributed by atoms with Crippen molar-refractivity contribution in [2.45, 2.75) is 6.10 Å². The minimum absolute atomic E-state index is 0.139. The topological polar surface area (TPSA) is 67.9 Å². The van der Waals surface area contributed by atoms with Gasteiger partial charge < -0.3 is 14.8 Å². The number of carbonyl (C=O) groups excluding carboxylic acids is 2. The van der Waals surface area contributed by atoms with Gasteiger partial charge in [0.05, 0.1) is 30.2 Å². The van der Waals surface area contributed by atoms with E-state index < -0.39 is 18.1 Å². The number of benzene rings is 2. The van der Waals surface area contributed by atoms with Gasteiger partial charge in [0, 0.05) is 5.69 Å². The Hall–Kier alpha value is -2.44. The average Bonchev–Trinajstić information content (AvgIpc) is 3.02. The van der Waals surface area contributed by atoms with Gasteiger partial charge in [-0.2, -0.15) is 0 Å². The summed E-state index contributed by atoms with van der Waals surface area (Å²) in [4.78, 5) is 26.0. The summed E-state index contributed by atoms with van der Waals surface area (Å²) in [6.07, 6.45) is -0.926. The van der Waals surface area contributed by atoms with Crippen molar-refractivity contribution in [3.63, 3.8) is 0 Å². The molecule has 2 aromatic rings. The quantitative estimate of drug-likeness (QED) is 0.837. The number of hydrogen-bond acceptors (Lipinski definition) is 4. The second kappa shape index (κ2) is 7.85. The maximum absolute atomic E-state index is 12.5. The van der Waals surface area contributed by atoms with Gasteiger partial charge in [-0.15, -0.1) is 0 Å². The number of anilines is 1. The van der Waals surface area contributed by atoms with Crippen LogP contribution in [0.1, 0.15) is 10.4 Å². The Bertz CT molecular complexity index is 829. The third kappa shape index (κ3) is 3.71. The van der Waals surface area contributed by atoms with Crippen LogP contribution in [0.5, 0.6) is 5.75 Å². The molecule has 0 radical (unpaired) electrons. The summed E-state index contributed by atoms with van der Waals surface area (Å²) in [5.41, 5.74) is 0.886. The third-order valence-corrected chi connectivity index (χ3v) is 4.53. The Morgan fingerprint density at radius 1 is 1.23 bits per heavy atom. The fourth-order valence-electron chi connectivity index (χ4n) is 2.69. The van der Waals surface area contributed by atoms with Crippen LogP contribution in [0.15, 0.2) is 42.5 Å². The molecule has 2 amide bonds. The standard InChI is InChI=1S/C18H16Cl2N2O4/c1-25-16-14(20)8-7-13(19)15(16)17(23)21-9-12-10-22(18(24)26-12)11-5-3-2-4-6-11/h2-8,12H,9-10H2,1H3,(H,21,23). The Morgan fingerprint density at radius 3 is 2.62 bits per heavy atom. The molecule has 1 aliphatic rings. The molecular weight excluding hydrogens is 379 g/mol. The summed E-state index contributed by atoms with van der Waals surface area (Å²) >= 11 is 12.1. The molecule has 0 bridgehead atoms. The van der Waals surface area contributed by atoms with Crippen molar-refractivity contribution in [3.05, 3.63) is 58.1 Å². The Labute approximate surface area is 160 Å². The van der Waals surface area contributed by atoms with Crippen LogP contribution in [0, 0.1) is 0 Å². The monoisotopic (exact) mass is 394 g/mol. The second-order valence-electron chi connectivity index (χ2n) is 5.60. The minimum atomic E-state index is -0.476. The Morgan fingerprint density at radius 2 is 1.92 bits per heavy atom. The molecule has 3 rings (SSSR count). The smallest absolute Gasteiger partial charge is 0.414 e. The van der Waals surface area contributed by atoms with Crippen molar-refractivity contribution in [2.24, 2.45) is 0 Å². The lowest BCUT2D eigenvalue weighted by molar-refractivity contribution is 0.0913. The average molecular weight is 395 g/mol. The van der Waals surface area contributed by atoms with Crippen LogP contribution >= 0.6 is 23.2 Å². The van der Waals surface area contributed by atoms with E-state index in [4.69, 9.17) is 32.7 Å². The van der Waals surface area contributed by atoms with Gasteiger partial charge in [-0.3, -0.25) is 9.69 Å². The summed E-state index contributed by atoms with van der Waals surface area (Å²) in [5.74, 6) is -0.255. The first-order valence-corrected chi connectivity index (χ1v) is 8.60. The van der Waals surface area contributed by atoms with Crippen molar-refractivity contribution in [1.82, 2.24) is 5.32 Å². The lowest BCUT2D eigenvalue weighted by Crippen LogP contribution is -2.35. The predicted octanol–water partition coefficient (Wildman–Crippen LogP) is 3.76. The summed E-state index contributed by atoms with van der Waals surface area (Å²) in [7, 11) is 1.41. The SMILES string of the molecule is COc1c(Cl)ccc(Cl)c1C(=O)NCC1CN(c2ccccc2)C(=O)O1. The van der Waals surface area contributed by atoms with Gasteiger partial charge in [0.15, 0.2) is 5.75 Å². The second-order valence-corrected chi connectivity index (χ2v) is 6.41. The Kier molecular flexibility index (Phi) is 5.54. The van der Waals surface area contributed by atoms with E-state index in [9.17, 15) is 9.59 Å². The number of ether oxygens (including phenoxy) is 2. The maximum atomic E-state index is 12.5. The van der Waals surface area contributed by atoms with Crippen molar-refractivity contribution in [1.29, 1.82) is 0 Å². The van der Waals surface area contributed by atoms with Gasteiger partial charge in [-0.25, -0.2) is 4.79 Å². The van der Waals surface area contributed by atoms with E-state index in [0.29, 0.717) is 6.54 Å². The van der Waals surface area contributed by atoms with Crippen molar-refractivity contribution >= 4 is 40.9 Å². The number of para-hydroxylation sites is 1. The molecule has 1 unspecified atom stereocenters. The number of methoxy groups -OCH3 is 1. The summed E-state index contributed by atoms with van der Waals surface area (Å²) < 4.78 is 10.5. The van der Waals surface area contributed by atoms with E-state index >= 15 is 0 Å². The van der Waals surface area contributed by atoms with Crippen LogP contribution in [0.3, 0.4) is 0 Å². The summed E-state index contributed by atoms with van der Waals surface area (Å²) in [6, 6.07) is 12.3. The number of halogens is 2. The van der Waals surface area contributed by atoms with E-state index in [-0.39, 0.29) is 27.9 Å². The molecule has 0 aliphatic carbocycles. The van der Waals surface area contributed by atoms with Gasteiger partial charge in [-0.1, -0.05) is 41.4 Å². The fourth-order valence-corrected chi connectivity index (χ4v) is 3.16. The van der Waals surface area contributed by atoms with Crippen LogP contribution in [0.25, 0.3) is 0 Å². The molecule has 0 spiro atoms. The summed E-state index contributed by atoms with van der Waals surface area (Å²) in [6.45, 7) is 0.476. The number of hydrogen-bond donors (Lipinski definition) is 1. The van der Waals surface area contributed by atoms with Crippen molar-refractivity contribution in [2.75, 3.05) is 25.1 Å². The highest BCUT2D eigenvalue weighted by molar-refractivity contribution is 6.37. The maximum Gasteiger partial charge on any atom is 0.414 e. The number of rotatable bonds is 5. The fraction of sp³-hybridized carbons (Fsp3) is 0.222. The van der Waals surface area contributed by atoms with Crippen molar-refractivity contribution < 1.29 is 19.1 Å². The molecule has 6 nitrogen and oxygen atoms in total. The zero-order valence-electron chi connectivity index (χ0n) is 13.9. The van der Waals surface area contributed by atoms with Gasteiger partial charge in [-0.05, 0) is 24.3 Å². The van der Waals surface area contributed by atoms with Gasteiger partial charge in [0.1, 0.15) is 11.7 Å². The van der Waals surface area contributed by atoms with Gasteiger partial charge in [0.2, 0.25) is 0 Å². The molecule has 1 heterocycles. The number of amides is 2. The van der Waals surface area contributed by atoms with E-state index in [1.807, 2.05) is 30.3 Å². The molecule has 1 atom stereocenters. The molecule has 26 heavy (non-hydrogen) atoms. The van der Waals surface area contributed by atoms with E-state index in [1.165, 1.54) is 18.1 Å². The highest BCUT2D eigenvalue weighted by atomic mass is 35.5. The van der Waals surface area contributed by atoms with Gasteiger partial charge >= 0.3 is 6.09 Å². The molecule has 0 aromatic heterocycles. The molecule has 1 N–H and O–H groups in total. The molecule has 0 saturated carbocycles. The molecule has 1 fully saturated rings. The first-order chi connectivity index (χ1) is 12.5. The molecule has 1 aliphatic heterocycles. The molecule has 8 heteroatoms. The lowest BCUT2D eigenvalue weighted by atomic mass is 10.1. The number of nitrogens with zero attached hydrogens (tertiary/aromatic N) is 1. The zero-order valence-corrected chi connectivity index (χ0v) is 15.4. The van der Waals surface area contributed by atoms with E-state index in [2.05, 4.69) is 5.32 Å². The minimum Gasteiger partial charge on any atom is -0.494 e. The van der Waals surface area contributed by atoms with E-state index in [1.54, 1.807) is 6.07 Å². The number of cyclic esters (lactones) is 1. The van der Waals surface area contributed by atoms with Gasteiger partial charge in [0.25, 0.3) is 5.91 Å². The largest absolute Gasteiger partial charge is 0.494 e. The van der Waals surface area contributed by atoms with Crippen LogP contribution in [-0.2, 0) is 4.74 Å². The highest BCUT2D eigenvalue weighted by Crippen LogP contribution is 2.33. The van der Waals surface area contributed by atoms with Crippen molar-refractivity contribution in [3.8, 4) is 5.75 Å². The van der Waals surface area contributed by atoms with Crippen LogP contribution < -0.4 is 15.0 Å². The highest BCUT2D eigenvalue weighted by Gasteiger charge is 2.32. The van der Waals surface area contributed by atoms with Crippen LogP contribution in [-0.4, -0.2) is 38.3 Å². The Balaban J connectivity index is 1.66. The number of nitrogens with one attached hydrogen (secondary N) is 1. The first kappa shape index (κ1) is 18.4. The molecule has 1 saturated heterocycles. The number of carbonyl (C=O) groups is 2. The molecule has 136 valence electrons.